The Labute approximate surface area is 211 Å². The maximum Gasteiger partial charge on any atom is 0.480 e. The molecule has 0 aromatic heterocycles. The van der Waals surface area contributed by atoms with Gasteiger partial charge < -0.3 is 18.7 Å². The molecule has 0 spiro atoms. The van der Waals surface area contributed by atoms with Crippen molar-refractivity contribution in [3.05, 3.63) is 4.13 Å². The molecule has 1 aliphatic heterocycles. The minimum Gasteiger partial charge on any atom is -0.444 e. The number of alkyl halides is 6. The van der Waals surface area contributed by atoms with E-state index >= 15 is 0 Å². The highest BCUT2D eigenvalue weighted by molar-refractivity contribution is 8.13. The zero-order chi connectivity index (χ0) is 28.8. The molecule has 0 aromatic rings. The monoisotopic (exact) mass is 592 g/mol. The summed E-state index contributed by atoms with van der Waals surface area (Å²) in [6, 6.07) is 0. The molecule has 1 aliphatic rings. The van der Waals surface area contributed by atoms with Gasteiger partial charge in [-0.05, 0) is 32.1 Å². The quantitative estimate of drug-likeness (QED) is 0.120. The minimum absolute atomic E-state index is 0.311. The van der Waals surface area contributed by atoms with Gasteiger partial charge in [0.25, 0.3) is 0 Å². The lowest BCUT2D eigenvalue weighted by Gasteiger charge is -2.37. The lowest BCUT2D eigenvalue weighted by Crippen LogP contribution is -2.50. The number of rotatable bonds is 12. The number of halogens is 6. The van der Waals surface area contributed by atoms with Crippen LogP contribution < -0.4 is 5.32 Å². The van der Waals surface area contributed by atoms with Gasteiger partial charge in [-0.3, -0.25) is 0 Å². The summed E-state index contributed by atoms with van der Waals surface area (Å²) in [7, 11) is -11.2. The van der Waals surface area contributed by atoms with E-state index in [-0.39, 0.29) is 6.09 Å². The molecule has 1 heterocycles. The first-order chi connectivity index (χ1) is 16.9. The van der Waals surface area contributed by atoms with Crippen LogP contribution in [0.2, 0.25) is 0 Å². The summed E-state index contributed by atoms with van der Waals surface area (Å²) in [6.07, 6.45) is 8.96. The molecule has 1 N–H and O–H groups in total. The van der Waals surface area contributed by atoms with E-state index in [2.05, 4.69) is 17.4 Å². The van der Waals surface area contributed by atoms with Gasteiger partial charge >= 0.3 is 17.1 Å². The van der Waals surface area contributed by atoms with Crippen molar-refractivity contribution in [2.24, 2.45) is 4.99 Å². The zero-order valence-electron chi connectivity index (χ0n) is 20.0. The normalized spacial score (nSPS) is 16.1. The summed E-state index contributed by atoms with van der Waals surface area (Å²) in [5.74, 6) is 0. The molecule has 1 rings (SSSR count). The van der Waals surface area contributed by atoms with Crippen molar-refractivity contribution in [3.63, 3.8) is 0 Å². The molecule has 0 atom stereocenters. The third-order valence-electron chi connectivity index (χ3n) is 5.07. The highest BCUT2D eigenvalue weighted by Gasteiger charge is 2.46. The van der Waals surface area contributed by atoms with Crippen LogP contribution in [0.3, 0.4) is 0 Å². The first kappa shape index (κ1) is 35.0. The van der Waals surface area contributed by atoms with Gasteiger partial charge in [-0.1, -0.05) is 12.8 Å². The smallest absolute Gasteiger partial charge is 0.444 e. The maximum atomic E-state index is 11.6. The van der Waals surface area contributed by atoms with E-state index < -0.39 is 31.1 Å². The zero-order valence-corrected chi connectivity index (χ0v) is 21.6. The van der Waals surface area contributed by atoms with Crippen molar-refractivity contribution < 1.29 is 62.0 Å². The van der Waals surface area contributed by atoms with E-state index in [1.54, 1.807) is 0 Å². The predicted molar refractivity (Wildman–Crippen MR) is 119 cm³/mol. The SMILES string of the molecule is C[N+]1(CCOC(=O)NCCCCCCN=C=O)CCCCC1.O=S(=O)([N-]S(=O)(=O)C(F)(F)F)C(F)(F)F. The fraction of sp³-hybridized carbons (Fsp3) is 0.889. The van der Waals surface area contributed by atoms with E-state index in [0.717, 1.165) is 40.8 Å². The van der Waals surface area contributed by atoms with Crippen LogP contribution in [0, 0.1) is 0 Å². The molecule has 0 radical (unpaired) electrons. The van der Waals surface area contributed by atoms with E-state index in [0.29, 0.717) is 19.7 Å². The largest absolute Gasteiger partial charge is 0.480 e. The number of unbranched alkanes of at least 4 members (excludes halogenated alkanes) is 3. The Morgan fingerprint density at radius 2 is 1.46 bits per heavy atom. The number of carbonyl (C=O) groups excluding carboxylic acids is 2. The number of alkyl carbamates (subject to hydrolysis) is 1. The van der Waals surface area contributed by atoms with Crippen LogP contribution in [0.1, 0.15) is 44.9 Å². The molecule has 37 heavy (non-hydrogen) atoms. The van der Waals surface area contributed by atoms with Crippen molar-refractivity contribution in [2.75, 3.05) is 46.4 Å². The van der Waals surface area contributed by atoms with Crippen molar-refractivity contribution in [2.45, 2.75) is 56.0 Å². The van der Waals surface area contributed by atoms with E-state index in [1.165, 1.54) is 38.4 Å². The number of quaternary nitrogens is 1. The lowest BCUT2D eigenvalue weighted by molar-refractivity contribution is -0.914. The molecule has 1 fully saturated rings. The Bertz CT molecular complexity index is 918. The molecule has 1 amide bonds. The number of nitrogens with one attached hydrogen (secondary N) is 1. The summed E-state index contributed by atoms with van der Waals surface area (Å²) >= 11 is 0. The Kier molecular flexibility index (Phi) is 14.6. The number of carbonyl (C=O) groups is 1. The lowest BCUT2D eigenvalue weighted by atomic mass is 10.1. The average molecular weight is 593 g/mol. The van der Waals surface area contributed by atoms with Gasteiger partial charge in [-0.2, -0.15) is 26.3 Å². The Hall–Kier alpha value is -1.95. The number of ether oxygens (including phenoxy) is 1. The Balaban J connectivity index is 0.000000757. The highest BCUT2D eigenvalue weighted by atomic mass is 32.3. The molecule has 1 saturated heterocycles. The van der Waals surface area contributed by atoms with Crippen LogP contribution >= 0.6 is 0 Å². The number of nitrogens with zero attached hydrogens (tertiary/aromatic N) is 3. The van der Waals surface area contributed by atoms with Crippen molar-refractivity contribution in [1.82, 2.24) is 5.32 Å². The molecule has 0 saturated carbocycles. The summed E-state index contributed by atoms with van der Waals surface area (Å²) in [5, 5.41) is 2.78. The highest BCUT2D eigenvalue weighted by Crippen LogP contribution is 2.36. The number of aliphatic imine (C=N–C) groups is 1. The van der Waals surface area contributed by atoms with Gasteiger partial charge in [-0.15, -0.1) is 0 Å². The molecule has 0 aromatic carbocycles. The molecule has 218 valence electrons. The van der Waals surface area contributed by atoms with Gasteiger partial charge in [-0.25, -0.2) is 31.4 Å². The number of likely N-dealkylation sites (tertiary alicyclic amines) is 1. The van der Waals surface area contributed by atoms with Crippen LogP contribution in [0.25, 0.3) is 4.13 Å². The molecule has 0 unspecified atom stereocenters. The molecular weight excluding hydrogens is 562 g/mol. The molecule has 0 aliphatic carbocycles. The van der Waals surface area contributed by atoms with Gasteiger partial charge in [0, 0.05) is 6.54 Å². The summed E-state index contributed by atoms with van der Waals surface area (Å²) < 4.78 is 115. The van der Waals surface area contributed by atoms with Crippen LogP contribution in [0.15, 0.2) is 4.99 Å². The average Bonchev–Trinajstić information content (AvgIpc) is 2.74. The van der Waals surface area contributed by atoms with Crippen molar-refractivity contribution >= 4 is 32.2 Å². The fourth-order valence-corrected chi connectivity index (χ4v) is 4.74. The molecule has 11 nitrogen and oxygen atoms in total. The second-order valence-corrected chi connectivity index (χ2v) is 11.6. The third-order valence-corrected chi connectivity index (χ3v) is 7.81. The second-order valence-electron chi connectivity index (χ2n) is 8.22. The molecule has 19 heteroatoms. The summed E-state index contributed by atoms with van der Waals surface area (Å²) in [6.45, 7) is 4.98. The van der Waals surface area contributed by atoms with E-state index in [9.17, 15) is 52.8 Å². The van der Waals surface area contributed by atoms with Crippen LogP contribution in [-0.2, 0) is 29.6 Å². The van der Waals surface area contributed by atoms with E-state index in [1.807, 2.05) is 0 Å². The topological polar surface area (TPSA) is 150 Å². The van der Waals surface area contributed by atoms with Gasteiger partial charge in [0.05, 0.1) is 26.7 Å². The number of hydrogen-bond donors (Lipinski definition) is 1. The number of amides is 1. The van der Waals surface area contributed by atoms with Crippen LogP contribution in [0.4, 0.5) is 31.1 Å². The van der Waals surface area contributed by atoms with Gasteiger partial charge in [0.2, 0.25) is 6.08 Å². The number of hydrogen-bond acceptors (Lipinski definition) is 8. The number of sulfonamides is 2. The Morgan fingerprint density at radius 3 is 1.95 bits per heavy atom. The van der Waals surface area contributed by atoms with Crippen LogP contribution in [-0.4, -0.2) is 90.9 Å². The number of isocyanates is 1. The first-order valence-corrected chi connectivity index (χ1v) is 13.9. The predicted octanol–water partition coefficient (Wildman–Crippen LogP) is 3.30. The second kappa shape index (κ2) is 15.5. The van der Waals surface area contributed by atoms with Gasteiger partial charge in [0.15, 0.2) is 20.0 Å². The molecular formula is C18H30F6N4O7S2. The summed E-state index contributed by atoms with van der Waals surface area (Å²) in [4.78, 5) is 24.9. The standard InChI is InChI=1S/C16H29N3O3.C2F6NO4S2/c1-19(11-7-4-8-12-19)13-14-22-16(21)18-10-6-3-2-5-9-17-15-20;3-1(4,5)14(10,11)9-15(12,13)2(6,7)8/h2-14H2,1H3;/q;-1/p+1. The third kappa shape index (κ3) is 14.5. The fourth-order valence-electron chi connectivity index (χ4n) is 3.03. The number of piperidine rings is 1. The van der Waals surface area contributed by atoms with Crippen molar-refractivity contribution in [1.29, 1.82) is 0 Å². The van der Waals surface area contributed by atoms with Gasteiger partial charge in [0.1, 0.15) is 13.2 Å². The first-order valence-electron chi connectivity index (χ1n) is 11.0. The molecule has 0 bridgehead atoms. The van der Waals surface area contributed by atoms with Crippen LogP contribution in [0.5, 0.6) is 0 Å². The van der Waals surface area contributed by atoms with E-state index in [4.69, 9.17) is 4.74 Å². The minimum atomic E-state index is -6.72. The summed E-state index contributed by atoms with van der Waals surface area (Å²) in [5.41, 5.74) is -12.4. The number of likely N-dealkylation sites (N-methyl/N-ethyl adjacent to an activating group) is 1. The van der Waals surface area contributed by atoms with Crippen molar-refractivity contribution in [3.8, 4) is 0 Å². The Morgan fingerprint density at radius 1 is 0.946 bits per heavy atom. The maximum absolute atomic E-state index is 11.6.